The van der Waals surface area contributed by atoms with Gasteiger partial charge in [0.25, 0.3) is 11.5 Å². The van der Waals surface area contributed by atoms with Gasteiger partial charge >= 0.3 is 0 Å². The van der Waals surface area contributed by atoms with Crippen molar-refractivity contribution in [2.45, 2.75) is 47.0 Å². The quantitative estimate of drug-likeness (QED) is 0.808. The zero-order chi connectivity index (χ0) is 22.1. The first-order chi connectivity index (χ1) is 14.1. The van der Waals surface area contributed by atoms with Gasteiger partial charge in [-0.05, 0) is 44.2 Å². The van der Waals surface area contributed by atoms with Gasteiger partial charge in [-0.2, -0.15) is 0 Å². The maximum Gasteiger partial charge on any atom is 0.264 e. The first kappa shape index (κ1) is 22.0. The molecule has 3 rings (SSSR count). The predicted molar refractivity (Wildman–Crippen MR) is 122 cm³/mol. The van der Waals surface area contributed by atoms with Gasteiger partial charge < -0.3 is 20.1 Å². The van der Waals surface area contributed by atoms with E-state index in [0.29, 0.717) is 17.2 Å². The molecule has 1 saturated heterocycles. The monoisotopic (exact) mass is 411 g/mol. The van der Waals surface area contributed by atoms with Gasteiger partial charge in [0.1, 0.15) is 11.4 Å². The molecule has 0 saturated carbocycles. The van der Waals surface area contributed by atoms with Crippen LogP contribution in [0.4, 0.5) is 11.4 Å². The Morgan fingerprint density at radius 3 is 2.37 bits per heavy atom. The van der Waals surface area contributed by atoms with E-state index < -0.39 is 11.5 Å². The lowest BCUT2D eigenvalue weighted by Gasteiger charge is -2.35. The molecule has 1 amide bonds. The number of carbonyl (C=O) groups excluding carboxylic acids is 1. The zero-order valence-corrected chi connectivity index (χ0v) is 18.9. The van der Waals surface area contributed by atoms with Crippen LogP contribution in [-0.2, 0) is 5.41 Å². The summed E-state index contributed by atoms with van der Waals surface area (Å²) < 4.78 is 0. The Balaban J connectivity index is 1.77. The third-order valence-electron chi connectivity index (χ3n) is 5.68. The van der Waals surface area contributed by atoms with Crippen LogP contribution in [-0.4, -0.2) is 53.5 Å². The van der Waals surface area contributed by atoms with Crippen molar-refractivity contribution in [2.24, 2.45) is 0 Å². The fraction of sp³-hybridized carbons (Fsp3) is 0.522. The SMILES string of the molecule is CCN1CCN(c2ccc(NC(=O)c3c(C)nc(C(C)(C)C)[nH]c3=O)c(C)c2)CC1. The van der Waals surface area contributed by atoms with Crippen LogP contribution in [0.1, 0.15) is 55.1 Å². The highest BCUT2D eigenvalue weighted by atomic mass is 16.2. The van der Waals surface area contributed by atoms with Gasteiger partial charge in [0.15, 0.2) is 0 Å². The molecule has 1 aliphatic heterocycles. The Morgan fingerprint density at radius 2 is 1.83 bits per heavy atom. The van der Waals surface area contributed by atoms with Crippen molar-refractivity contribution >= 4 is 17.3 Å². The molecule has 2 N–H and O–H groups in total. The highest BCUT2D eigenvalue weighted by Gasteiger charge is 2.23. The molecule has 0 bridgehead atoms. The largest absolute Gasteiger partial charge is 0.369 e. The second-order valence-electron chi connectivity index (χ2n) is 9.00. The van der Waals surface area contributed by atoms with Gasteiger partial charge in [0, 0.05) is 43.0 Å². The van der Waals surface area contributed by atoms with Crippen LogP contribution < -0.4 is 15.8 Å². The predicted octanol–water partition coefficient (Wildman–Crippen LogP) is 3.08. The number of aryl methyl sites for hydroxylation is 2. The lowest BCUT2D eigenvalue weighted by molar-refractivity contribution is 0.102. The molecular weight excluding hydrogens is 378 g/mol. The molecule has 0 aliphatic carbocycles. The third-order valence-corrected chi connectivity index (χ3v) is 5.68. The number of hydrogen-bond donors (Lipinski definition) is 2. The topological polar surface area (TPSA) is 81.3 Å². The van der Waals surface area contributed by atoms with Crippen LogP contribution in [0.15, 0.2) is 23.0 Å². The van der Waals surface area contributed by atoms with E-state index in [-0.39, 0.29) is 11.0 Å². The summed E-state index contributed by atoms with van der Waals surface area (Å²) in [5.74, 6) is 0.138. The van der Waals surface area contributed by atoms with Crippen molar-refractivity contribution in [3.63, 3.8) is 0 Å². The summed E-state index contributed by atoms with van der Waals surface area (Å²) in [4.78, 5) is 37.4. The molecule has 0 atom stereocenters. The molecule has 0 radical (unpaired) electrons. The van der Waals surface area contributed by atoms with E-state index in [9.17, 15) is 9.59 Å². The summed E-state index contributed by atoms with van der Waals surface area (Å²) in [5, 5.41) is 2.89. The van der Waals surface area contributed by atoms with E-state index in [2.05, 4.69) is 38.1 Å². The molecule has 1 aliphatic rings. The zero-order valence-electron chi connectivity index (χ0n) is 18.9. The van der Waals surface area contributed by atoms with Crippen LogP contribution in [0.5, 0.6) is 0 Å². The van der Waals surface area contributed by atoms with Gasteiger partial charge in [-0.15, -0.1) is 0 Å². The smallest absolute Gasteiger partial charge is 0.264 e. The number of anilines is 2. The number of likely N-dealkylation sites (N-methyl/N-ethyl adjacent to an activating group) is 1. The molecule has 1 aromatic carbocycles. The summed E-state index contributed by atoms with van der Waals surface area (Å²) in [7, 11) is 0. The highest BCUT2D eigenvalue weighted by Crippen LogP contribution is 2.24. The van der Waals surface area contributed by atoms with E-state index in [1.807, 2.05) is 39.8 Å². The molecule has 0 spiro atoms. The summed E-state index contributed by atoms with van der Waals surface area (Å²) in [6, 6.07) is 6.03. The second kappa shape index (κ2) is 8.60. The molecule has 2 heterocycles. The average Bonchev–Trinajstić information content (AvgIpc) is 2.68. The van der Waals surface area contributed by atoms with E-state index in [0.717, 1.165) is 44.0 Å². The average molecular weight is 412 g/mol. The maximum atomic E-state index is 12.8. The molecule has 1 aromatic heterocycles. The van der Waals surface area contributed by atoms with E-state index >= 15 is 0 Å². The normalized spacial score (nSPS) is 15.3. The highest BCUT2D eigenvalue weighted by molar-refractivity contribution is 6.05. The number of aromatic nitrogens is 2. The van der Waals surface area contributed by atoms with Gasteiger partial charge in [-0.1, -0.05) is 27.7 Å². The fourth-order valence-corrected chi connectivity index (χ4v) is 3.70. The number of aromatic amines is 1. The van der Waals surface area contributed by atoms with Gasteiger partial charge in [0.05, 0.1) is 5.69 Å². The van der Waals surface area contributed by atoms with Crippen molar-refractivity contribution in [3.05, 3.63) is 51.2 Å². The van der Waals surface area contributed by atoms with Crippen LogP contribution in [0.2, 0.25) is 0 Å². The second-order valence-corrected chi connectivity index (χ2v) is 9.00. The minimum Gasteiger partial charge on any atom is -0.369 e. The van der Waals surface area contributed by atoms with Crippen molar-refractivity contribution in [3.8, 4) is 0 Å². The van der Waals surface area contributed by atoms with Crippen LogP contribution in [0.3, 0.4) is 0 Å². The minimum atomic E-state index is -0.436. The number of hydrogen-bond acceptors (Lipinski definition) is 5. The Kier molecular flexibility index (Phi) is 6.31. The molecule has 0 unspecified atom stereocenters. The van der Waals surface area contributed by atoms with Crippen LogP contribution in [0.25, 0.3) is 0 Å². The standard InChI is InChI=1S/C23H33N5O2/c1-7-27-10-12-28(13-11-27)17-8-9-18(15(2)14-17)25-20(29)19-16(3)24-22(23(4,5)6)26-21(19)30/h8-9,14H,7,10-13H2,1-6H3,(H,25,29)(H,24,26,30). The van der Waals surface area contributed by atoms with Crippen LogP contribution in [0, 0.1) is 13.8 Å². The van der Waals surface area contributed by atoms with Crippen molar-refractivity contribution < 1.29 is 4.79 Å². The summed E-state index contributed by atoms with van der Waals surface area (Å²) >= 11 is 0. The Morgan fingerprint density at radius 1 is 1.17 bits per heavy atom. The minimum absolute atomic E-state index is 0.0576. The van der Waals surface area contributed by atoms with Crippen molar-refractivity contribution in [1.82, 2.24) is 14.9 Å². The number of benzene rings is 1. The molecule has 7 heteroatoms. The molecule has 30 heavy (non-hydrogen) atoms. The number of amides is 1. The number of nitrogens with zero attached hydrogens (tertiary/aromatic N) is 3. The lowest BCUT2D eigenvalue weighted by Crippen LogP contribution is -2.46. The summed E-state index contributed by atoms with van der Waals surface area (Å²) in [6.07, 6.45) is 0. The van der Waals surface area contributed by atoms with E-state index in [4.69, 9.17) is 0 Å². The Hall–Kier alpha value is -2.67. The summed E-state index contributed by atoms with van der Waals surface area (Å²) in [6.45, 7) is 17.0. The molecule has 1 fully saturated rings. The van der Waals surface area contributed by atoms with E-state index in [1.165, 1.54) is 0 Å². The van der Waals surface area contributed by atoms with Gasteiger partial charge in [-0.25, -0.2) is 4.98 Å². The van der Waals surface area contributed by atoms with Gasteiger partial charge in [0.2, 0.25) is 0 Å². The molecule has 2 aromatic rings. The number of rotatable bonds is 4. The van der Waals surface area contributed by atoms with Gasteiger partial charge in [-0.3, -0.25) is 9.59 Å². The first-order valence-corrected chi connectivity index (χ1v) is 10.6. The number of nitrogens with one attached hydrogen (secondary N) is 2. The van der Waals surface area contributed by atoms with Crippen molar-refractivity contribution in [1.29, 1.82) is 0 Å². The Bertz CT molecular complexity index is 982. The number of piperazine rings is 1. The fourth-order valence-electron chi connectivity index (χ4n) is 3.70. The van der Waals surface area contributed by atoms with E-state index in [1.54, 1.807) is 6.92 Å². The molecular formula is C23H33N5O2. The van der Waals surface area contributed by atoms with Crippen LogP contribution >= 0.6 is 0 Å². The first-order valence-electron chi connectivity index (χ1n) is 10.6. The number of H-pyrrole nitrogens is 1. The van der Waals surface area contributed by atoms with Crippen molar-refractivity contribution in [2.75, 3.05) is 42.9 Å². The number of carbonyl (C=O) groups is 1. The lowest BCUT2D eigenvalue weighted by atomic mass is 9.95. The Labute approximate surface area is 178 Å². The molecule has 7 nitrogen and oxygen atoms in total. The summed E-state index contributed by atoms with van der Waals surface area (Å²) in [5.41, 5.74) is 2.61. The third kappa shape index (κ3) is 4.73. The molecule has 162 valence electrons. The maximum absolute atomic E-state index is 12.8.